The average Bonchev–Trinajstić information content (AvgIpc) is 2.57. The molecule has 0 fully saturated rings. The van der Waals surface area contributed by atoms with Crippen LogP contribution < -0.4 is 10.7 Å². The molecule has 76 valence electrons. The van der Waals surface area contributed by atoms with Crippen molar-refractivity contribution in [1.82, 2.24) is 9.55 Å². The zero-order valence-electron chi connectivity index (χ0n) is 7.45. The topological polar surface area (TPSA) is 38.0 Å². The van der Waals surface area contributed by atoms with Gasteiger partial charge in [-0.2, -0.15) is 0 Å². The van der Waals surface area contributed by atoms with E-state index >= 15 is 0 Å². The molecular weight excluding hydrogens is 207 g/mol. The highest BCUT2D eigenvalue weighted by molar-refractivity contribution is 6.25. The fourth-order valence-corrected chi connectivity index (χ4v) is 1.74. The van der Waals surface area contributed by atoms with Crippen LogP contribution in [-0.2, 0) is 6.54 Å². The van der Waals surface area contributed by atoms with Crippen molar-refractivity contribution >= 4 is 23.5 Å². The van der Waals surface area contributed by atoms with Crippen molar-refractivity contribution in [2.45, 2.75) is 18.3 Å². The van der Waals surface area contributed by atoms with Crippen molar-refractivity contribution in [3.05, 3.63) is 17.0 Å². The Kier molecular flexibility index (Phi) is 2.56. The van der Waals surface area contributed by atoms with Gasteiger partial charge in [0.15, 0.2) is 0 Å². The molecule has 1 aromatic rings. The van der Waals surface area contributed by atoms with Gasteiger partial charge in [0.1, 0.15) is 11.2 Å². The maximum absolute atomic E-state index is 13.6. The minimum absolute atomic E-state index is 0.0387. The third-order valence-corrected chi connectivity index (χ3v) is 2.60. The van der Waals surface area contributed by atoms with Crippen molar-refractivity contribution in [3.63, 3.8) is 0 Å². The second-order valence-corrected chi connectivity index (χ2v) is 3.68. The lowest BCUT2D eigenvalue weighted by Gasteiger charge is -2.08. The Morgan fingerprint density at radius 1 is 1.71 bits per heavy atom. The number of imidazole rings is 1. The Balaban J connectivity index is 2.65. The van der Waals surface area contributed by atoms with Crippen LogP contribution in [0.5, 0.6) is 0 Å². The van der Waals surface area contributed by atoms with Gasteiger partial charge in [0.05, 0.1) is 23.7 Å². The molecule has 1 aliphatic rings. The molecule has 0 spiro atoms. The van der Waals surface area contributed by atoms with E-state index in [9.17, 15) is 4.39 Å². The number of aliphatic hydroxyl groups excluding tert-OH is 1. The van der Waals surface area contributed by atoms with E-state index in [1.807, 2.05) is 6.08 Å². The Morgan fingerprint density at radius 2 is 2.50 bits per heavy atom. The summed E-state index contributed by atoms with van der Waals surface area (Å²) in [7, 11) is 0. The number of hydrogen-bond acceptors (Lipinski definition) is 2. The highest BCUT2D eigenvalue weighted by Crippen LogP contribution is 2.16. The summed E-state index contributed by atoms with van der Waals surface area (Å²) in [5.74, 6) is -0.352. The molecule has 5 heteroatoms. The zero-order chi connectivity index (χ0) is 10.1. The Labute approximate surface area is 85.1 Å². The second-order valence-electron chi connectivity index (χ2n) is 3.15. The molecule has 1 aliphatic carbocycles. The summed E-state index contributed by atoms with van der Waals surface area (Å²) < 4.78 is 15.2. The maximum atomic E-state index is 13.6. The number of aliphatic hydroxyl groups is 1. The first-order valence-corrected chi connectivity index (χ1v) is 4.83. The third-order valence-electron chi connectivity index (χ3n) is 2.23. The van der Waals surface area contributed by atoms with Crippen molar-refractivity contribution in [2.75, 3.05) is 6.61 Å². The molecule has 0 aromatic carbocycles. The monoisotopic (exact) mass is 216 g/mol. The highest BCUT2D eigenvalue weighted by Gasteiger charge is 2.17. The molecule has 1 heterocycles. The Hall–Kier alpha value is -0.870. The maximum Gasteiger partial charge on any atom is 0.144 e. The summed E-state index contributed by atoms with van der Waals surface area (Å²) in [5.41, 5.74) is 0. The van der Waals surface area contributed by atoms with Gasteiger partial charge in [-0.05, 0) is 6.42 Å². The van der Waals surface area contributed by atoms with Gasteiger partial charge in [-0.15, -0.1) is 11.6 Å². The number of rotatable bonds is 2. The first-order chi connectivity index (χ1) is 6.74. The number of halogens is 2. The summed E-state index contributed by atoms with van der Waals surface area (Å²) >= 11 is 5.78. The van der Waals surface area contributed by atoms with Crippen LogP contribution >= 0.6 is 11.6 Å². The van der Waals surface area contributed by atoms with Gasteiger partial charge >= 0.3 is 0 Å². The van der Waals surface area contributed by atoms with Gasteiger partial charge in [-0.25, -0.2) is 9.37 Å². The van der Waals surface area contributed by atoms with E-state index < -0.39 is 5.38 Å². The third kappa shape index (κ3) is 1.44. The van der Waals surface area contributed by atoms with Crippen LogP contribution in [0, 0.1) is 0 Å². The molecule has 0 saturated carbocycles. The fraction of sp³-hybridized carbons (Fsp3) is 0.444. The van der Waals surface area contributed by atoms with Gasteiger partial charge in [-0.3, -0.25) is 0 Å². The van der Waals surface area contributed by atoms with Crippen molar-refractivity contribution < 1.29 is 9.50 Å². The number of fused-ring (bicyclic) bond motifs is 1. The normalized spacial score (nSPS) is 20.5. The lowest BCUT2D eigenvalue weighted by atomic mass is 10.2. The minimum atomic E-state index is -0.600. The number of nitrogens with zero attached hydrogens (tertiary/aromatic N) is 2. The molecule has 1 unspecified atom stereocenters. The number of aromatic nitrogens is 2. The SMILES string of the molecule is OCCn1cnc2c1=C(F)C(Cl)CC=2. The Bertz CT molecular complexity index is 454. The quantitative estimate of drug-likeness (QED) is 0.693. The summed E-state index contributed by atoms with van der Waals surface area (Å²) in [6.45, 7) is 0.302. The molecule has 1 N–H and O–H groups in total. The predicted molar refractivity (Wildman–Crippen MR) is 51.8 cm³/mol. The van der Waals surface area contributed by atoms with E-state index in [1.165, 1.54) is 6.33 Å². The standard InChI is InChI=1S/C9H10ClFN2O/c10-6-1-2-7-9(8(6)11)13(3-4-14)5-12-7/h2,5-6,14H,1,3-4H2. The van der Waals surface area contributed by atoms with Crippen molar-refractivity contribution in [3.8, 4) is 0 Å². The minimum Gasteiger partial charge on any atom is -0.395 e. The van der Waals surface area contributed by atoms with E-state index in [-0.39, 0.29) is 12.4 Å². The number of alkyl halides is 1. The molecule has 0 aliphatic heterocycles. The van der Waals surface area contributed by atoms with Gasteiger partial charge in [0.25, 0.3) is 0 Å². The molecule has 0 bridgehead atoms. The average molecular weight is 217 g/mol. The van der Waals surface area contributed by atoms with E-state index in [2.05, 4.69) is 4.98 Å². The summed E-state index contributed by atoms with van der Waals surface area (Å²) in [6.07, 6.45) is 3.80. The Morgan fingerprint density at radius 3 is 3.21 bits per heavy atom. The first-order valence-electron chi connectivity index (χ1n) is 4.40. The lowest BCUT2D eigenvalue weighted by Crippen LogP contribution is -2.37. The highest BCUT2D eigenvalue weighted by atomic mass is 35.5. The first kappa shape index (κ1) is 9.68. The molecule has 3 nitrogen and oxygen atoms in total. The summed E-state index contributed by atoms with van der Waals surface area (Å²) in [6, 6.07) is 0. The van der Waals surface area contributed by atoms with Crippen molar-refractivity contribution in [1.29, 1.82) is 0 Å². The summed E-state index contributed by atoms with van der Waals surface area (Å²) in [5, 5.41) is 9.19. The molecular formula is C9H10ClFN2O. The zero-order valence-corrected chi connectivity index (χ0v) is 8.21. The molecule has 0 radical (unpaired) electrons. The lowest BCUT2D eigenvalue weighted by molar-refractivity contribution is 0.274. The van der Waals surface area contributed by atoms with Crippen LogP contribution in [0.25, 0.3) is 11.9 Å². The van der Waals surface area contributed by atoms with E-state index in [4.69, 9.17) is 16.7 Å². The molecule has 1 atom stereocenters. The largest absolute Gasteiger partial charge is 0.395 e. The number of hydrogen-bond donors (Lipinski definition) is 1. The van der Waals surface area contributed by atoms with Gasteiger partial charge < -0.3 is 9.67 Å². The van der Waals surface area contributed by atoms with Gasteiger partial charge in [0, 0.05) is 6.54 Å². The van der Waals surface area contributed by atoms with Gasteiger partial charge in [-0.1, -0.05) is 6.08 Å². The van der Waals surface area contributed by atoms with Crippen LogP contribution in [0.4, 0.5) is 4.39 Å². The smallest absolute Gasteiger partial charge is 0.144 e. The molecule has 2 rings (SSSR count). The van der Waals surface area contributed by atoms with Gasteiger partial charge in [0.2, 0.25) is 0 Å². The van der Waals surface area contributed by atoms with Crippen molar-refractivity contribution in [2.24, 2.45) is 0 Å². The van der Waals surface area contributed by atoms with Crippen LogP contribution in [0.2, 0.25) is 0 Å². The molecule has 0 amide bonds. The predicted octanol–water partition coefficient (Wildman–Crippen LogP) is -0.255. The van der Waals surface area contributed by atoms with Crippen LogP contribution in [0.1, 0.15) is 6.42 Å². The van der Waals surface area contributed by atoms with Crippen LogP contribution in [0.15, 0.2) is 6.33 Å². The summed E-state index contributed by atoms with van der Waals surface area (Å²) in [4.78, 5) is 4.04. The van der Waals surface area contributed by atoms with Crippen LogP contribution in [-0.4, -0.2) is 26.6 Å². The van der Waals surface area contributed by atoms with Crippen LogP contribution in [0.3, 0.4) is 0 Å². The van der Waals surface area contributed by atoms with E-state index in [0.29, 0.717) is 23.7 Å². The van der Waals surface area contributed by atoms with E-state index in [0.717, 1.165) is 0 Å². The molecule has 1 aromatic heterocycles. The molecule has 14 heavy (non-hydrogen) atoms. The van der Waals surface area contributed by atoms with E-state index in [1.54, 1.807) is 4.57 Å². The molecule has 0 saturated heterocycles. The fourth-order valence-electron chi connectivity index (χ4n) is 1.55. The second kappa shape index (κ2) is 3.71.